The fourth-order valence-corrected chi connectivity index (χ4v) is 2.53. The number of halogens is 2. The fourth-order valence-electron chi connectivity index (χ4n) is 1.97. The topological polar surface area (TPSA) is 34.4 Å². The molecule has 0 amide bonds. The van der Waals surface area contributed by atoms with Gasteiger partial charge in [0.25, 0.3) is 5.56 Å². The molecule has 0 bridgehead atoms. The minimum absolute atomic E-state index is 0.170. The van der Waals surface area contributed by atoms with Crippen LogP contribution in [0.25, 0.3) is 16.8 Å². The summed E-state index contributed by atoms with van der Waals surface area (Å²) in [5.74, 6) is 0. The summed E-state index contributed by atoms with van der Waals surface area (Å²) in [6.45, 7) is 0. The lowest BCUT2D eigenvalue weighted by Crippen LogP contribution is -2.14. The monoisotopic (exact) mass is 360 g/mol. The second-order valence-corrected chi connectivity index (χ2v) is 5.78. The van der Waals surface area contributed by atoms with Gasteiger partial charge < -0.3 is 0 Å². The van der Waals surface area contributed by atoms with Gasteiger partial charge >= 0.3 is 0 Å². The van der Waals surface area contributed by atoms with E-state index in [9.17, 15) is 4.79 Å². The number of nitrogens with zero attached hydrogens (tertiary/aromatic N) is 2. The maximum Gasteiger partial charge on any atom is 0.258 e. The van der Waals surface area contributed by atoms with Crippen LogP contribution < -0.4 is 5.56 Å². The maximum atomic E-state index is 12.1. The Labute approximate surface area is 134 Å². The van der Waals surface area contributed by atoms with Crippen LogP contribution in [0.5, 0.6) is 0 Å². The van der Waals surface area contributed by atoms with E-state index in [2.05, 4.69) is 20.9 Å². The molecule has 21 heavy (non-hydrogen) atoms. The van der Waals surface area contributed by atoms with E-state index in [4.69, 9.17) is 11.6 Å². The summed E-state index contributed by atoms with van der Waals surface area (Å²) in [6.07, 6.45) is 3.47. The van der Waals surface area contributed by atoms with Gasteiger partial charge in [-0.25, -0.2) is 4.98 Å². The van der Waals surface area contributed by atoms with Crippen LogP contribution in [0.3, 0.4) is 0 Å². The molecule has 104 valence electrons. The third kappa shape index (κ3) is 3.06. The van der Waals surface area contributed by atoms with Crippen LogP contribution >= 0.6 is 27.5 Å². The molecule has 0 aliphatic heterocycles. The molecule has 5 heteroatoms. The second-order valence-electron chi connectivity index (χ2n) is 4.46. The Balaban J connectivity index is 2.11. The molecule has 0 N–H and O–H groups in total. The summed E-state index contributed by atoms with van der Waals surface area (Å²) in [5.41, 5.74) is 1.81. The SMILES string of the molecule is O=c1cc(/C(Cl)=C/c2ccccc2)nc2ccc(Br)cn12. The summed E-state index contributed by atoms with van der Waals surface area (Å²) < 4.78 is 2.29. The van der Waals surface area contributed by atoms with Crippen molar-refractivity contribution in [1.82, 2.24) is 9.38 Å². The number of rotatable bonds is 2. The Hall–Kier alpha value is -1.91. The van der Waals surface area contributed by atoms with E-state index >= 15 is 0 Å². The zero-order valence-electron chi connectivity index (χ0n) is 10.8. The van der Waals surface area contributed by atoms with Crippen molar-refractivity contribution in [2.45, 2.75) is 0 Å². The number of hydrogen-bond donors (Lipinski definition) is 0. The summed E-state index contributed by atoms with van der Waals surface area (Å²) in [5, 5.41) is 0.434. The van der Waals surface area contributed by atoms with Crippen LogP contribution in [0.15, 0.2) is 64.0 Å². The molecule has 0 unspecified atom stereocenters. The third-order valence-corrected chi connectivity index (χ3v) is 3.73. The van der Waals surface area contributed by atoms with Crippen LogP contribution in [0, 0.1) is 0 Å². The standard InChI is InChI=1S/C16H10BrClN2O/c17-12-6-7-15-19-14(9-16(21)20(15)10-12)13(18)8-11-4-2-1-3-5-11/h1-10H/b13-8-. The van der Waals surface area contributed by atoms with E-state index in [1.165, 1.54) is 10.5 Å². The van der Waals surface area contributed by atoms with Crippen LogP contribution in [-0.2, 0) is 0 Å². The van der Waals surface area contributed by atoms with Crippen molar-refractivity contribution in [1.29, 1.82) is 0 Å². The third-order valence-electron chi connectivity index (χ3n) is 2.96. The van der Waals surface area contributed by atoms with Gasteiger partial charge in [0, 0.05) is 16.7 Å². The molecule has 0 saturated heterocycles. The Kier molecular flexibility index (Phi) is 3.90. The summed E-state index contributed by atoms with van der Waals surface area (Å²) in [4.78, 5) is 16.5. The number of benzene rings is 1. The van der Waals surface area contributed by atoms with Gasteiger partial charge in [-0.05, 0) is 39.7 Å². The van der Waals surface area contributed by atoms with Crippen LogP contribution in [0.1, 0.15) is 11.3 Å². The molecule has 0 radical (unpaired) electrons. The lowest BCUT2D eigenvalue weighted by atomic mass is 10.2. The second kappa shape index (κ2) is 5.84. The highest BCUT2D eigenvalue weighted by Gasteiger charge is 2.06. The molecule has 0 spiro atoms. The summed E-state index contributed by atoms with van der Waals surface area (Å²) in [6, 6.07) is 14.7. The van der Waals surface area contributed by atoms with E-state index < -0.39 is 0 Å². The minimum atomic E-state index is -0.170. The molecule has 0 saturated carbocycles. The average Bonchev–Trinajstić information content (AvgIpc) is 2.49. The van der Waals surface area contributed by atoms with E-state index in [0.717, 1.165) is 10.0 Å². The van der Waals surface area contributed by atoms with Crippen molar-refractivity contribution in [3.05, 3.63) is 80.8 Å². The van der Waals surface area contributed by atoms with Crippen molar-refractivity contribution < 1.29 is 0 Å². The molecule has 0 aliphatic rings. The number of aromatic nitrogens is 2. The largest absolute Gasteiger partial charge is 0.269 e. The molecule has 0 fully saturated rings. The highest BCUT2D eigenvalue weighted by Crippen LogP contribution is 2.20. The van der Waals surface area contributed by atoms with E-state index in [1.807, 2.05) is 36.4 Å². The first-order chi connectivity index (χ1) is 10.1. The van der Waals surface area contributed by atoms with Crippen molar-refractivity contribution in [2.75, 3.05) is 0 Å². The molecule has 2 heterocycles. The van der Waals surface area contributed by atoms with Gasteiger partial charge in [0.1, 0.15) is 5.65 Å². The quantitative estimate of drug-likeness (QED) is 0.686. The van der Waals surface area contributed by atoms with Crippen LogP contribution in [0.2, 0.25) is 0 Å². The Morgan fingerprint density at radius 2 is 1.95 bits per heavy atom. The van der Waals surface area contributed by atoms with Crippen molar-refractivity contribution in [3.63, 3.8) is 0 Å². The molecule has 3 aromatic rings. The first-order valence-corrected chi connectivity index (χ1v) is 7.42. The van der Waals surface area contributed by atoms with Gasteiger partial charge in [0.15, 0.2) is 0 Å². The predicted octanol–water partition coefficient (Wildman–Crippen LogP) is 4.19. The van der Waals surface area contributed by atoms with Crippen LogP contribution in [0.4, 0.5) is 0 Å². The van der Waals surface area contributed by atoms with Crippen molar-refractivity contribution in [2.24, 2.45) is 0 Å². The molecule has 3 rings (SSSR count). The predicted molar refractivity (Wildman–Crippen MR) is 89.3 cm³/mol. The van der Waals surface area contributed by atoms with Gasteiger partial charge in [0.05, 0.1) is 10.7 Å². The molecular formula is C16H10BrClN2O. The van der Waals surface area contributed by atoms with Gasteiger partial charge in [0.2, 0.25) is 0 Å². The molecule has 0 atom stereocenters. The van der Waals surface area contributed by atoms with Gasteiger partial charge in [-0.2, -0.15) is 0 Å². The maximum absolute atomic E-state index is 12.1. The van der Waals surface area contributed by atoms with Crippen LogP contribution in [-0.4, -0.2) is 9.38 Å². The Morgan fingerprint density at radius 1 is 1.19 bits per heavy atom. The Morgan fingerprint density at radius 3 is 2.71 bits per heavy atom. The van der Waals surface area contributed by atoms with E-state index in [1.54, 1.807) is 18.3 Å². The smallest absolute Gasteiger partial charge is 0.258 e. The summed E-state index contributed by atoms with van der Waals surface area (Å²) >= 11 is 9.62. The number of fused-ring (bicyclic) bond motifs is 1. The zero-order valence-corrected chi connectivity index (χ0v) is 13.2. The molecule has 1 aromatic carbocycles. The molecular weight excluding hydrogens is 352 g/mol. The minimum Gasteiger partial charge on any atom is -0.269 e. The Bertz CT molecular complexity index is 888. The number of hydrogen-bond acceptors (Lipinski definition) is 2. The van der Waals surface area contributed by atoms with Crippen molar-refractivity contribution in [3.8, 4) is 0 Å². The first-order valence-electron chi connectivity index (χ1n) is 6.25. The average molecular weight is 362 g/mol. The highest BCUT2D eigenvalue weighted by molar-refractivity contribution is 9.10. The molecule has 3 nitrogen and oxygen atoms in total. The zero-order chi connectivity index (χ0) is 14.8. The van der Waals surface area contributed by atoms with Crippen molar-refractivity contribution >= 4 is 44.3 Å². The number of pyridine rings is 1. The summed E-state index contributed by atoms with van der Waals surface area (Å²) in [7, 11) is 0. The van der Waals surface area contributed by atoms with Gasteiger partial charge in [-0.1, -0.05) is 41.9 Å². The molecule has 2 aromatic heterocycles. The normalized spacial score (nSPS) is 11.8. The van der Waals surface area contributed by atoms with E-state index in [-0.39, 0.29) is 5.56 Å². The van der Waals surface area contributed by atoms with Gasteiger partial charge in [-0.3, -0.25) is 9.20 Å². The fraction of sp³-hybridized carbons (Fsp3) is 0. The van der Waals surface area contributed by atoms with E-state index in [0.29, 0.717) is 16.4 Å². The van der Waals surface area contributed by atoms with Gasteiger partial charge in [-0.15, -0.1) is 0 Å². The molecule has 0 aliphatic carbocycles. The lowest BCUT2D eigenvalue weighted by molar-refractivity contribution is 1.03. The highest BCUT2D eigenvalue weighted by atomic mass is 79.9. The lowest BCUT2D eigenvalue weighted by Gasteiger charge is -2.04. The first kappa shape index (κ1) is 14.0.